The van der Waals surface area contributed by atoms with Crippen LogP contribution in [0.4, 0.5) is 0 Å². The Morgan fingerprint density at radius 2 is 1.47 bits per heavy atom. The summed E-state index contributed by atoms with van der Waals surface area (Å²) in [4.78, 5) is 28.1. The van der Waals surface area contributed by atoms with E-state index in [4.69, 9.17) is 9.47 Å². The van der Waals surface area contributed by atoms with Gasteiger partial charge in [0.25, 0.3) is 0 Å². The molecule has 1 saturated carbocycles. The highest BCUT2D eigenvalue weighted by atomic mass is 16.7. The number of unbranched alkanes of at least 4 members (excludes halogenated alkanes) is 1. The van der Waals surface area contributed by atoms with Crippen LogP contribution in [0.5, 0.6) is 5.75 Å². The smallest absolute Gasteiger partial charge is 0.345 e. The molecule has 224 valence electrons. The highest BCUT2D eigenvalue weighted by Gasteiger charge is 2.34. The van der Waals surface area contributed by atoms with E-state index in [1.54, 1.807) is 26.0 Å². The van der Waals surface area contributed by atoms with E-state index in [-0.39, 0.29) is 5.91 Å². The summed E-state index contributed by atoms with van der Waals surface area (Å²) in [7, 11) is 0. The van der Waals surface area contributed by atoms with Gasteiger partial charge in [-0.25, -0.2) is 4.79 Å². The van der Waals surface area contributed by atoms with Crippen LogP contribution < -0.4 is 4.74 Å². The van der Waals surface area contributed by atoms with Crippen molar-refractivity contribution in [3.63, 3.8) is 0 Å². The molecule has 2 aliphatic rings. The summed E-state index contributed by atoms with van der Waals surface area (Å²) in [5, 5.41) is 0. The Morgan fingerprint density at radius 3 is 2.12 bits per heavy atom. The van der Waals surface area contributed by atoms with E-state index in [0.717, 1.165) is 35.1 Å². The molecule has 3 aromatic rings. The van der Waals surface area contributed by atoms with Crippen LogP contribution in [0.3, 0.4) is 0 Å². The van der Waals surface area contributed by atoms with Gasteiger partial charge in [-0.2, -0.15) is 0 Å². The number of cyclic esters (lactones) is 1. The molecule has 43 heavy (non-hydrogen) atoms. The van der Waals surface area contributed by atoms with Gasteiger partial charge in [-0.15, -0.1) is 0 Å². The maximum Gasteiger partial charge on any atom is 0.345 e. The number of esters is 1. The molecule has 3 aromatic carbocycles. The van der Waals surface area contributed by atoms with Gasteiger partial charge >= 0.3 is 5.97 Å². The lowest BCUT2D eigenvalue weighted by Gasteiger charge is -2.32. The van der Waals surface area contributed by atoms with E-state index in [1.165, 1.54) is 44.1 Å². The van der Waals surface area contributed by atoms with Gasteiger partial charge in [0.2, 0.25) is 11.7 Å². The summed E-state index contributed by atoms with van der Waals surface area (Å²) < 4.78 is 11.3. The lowest BCUT2D eigenvalue weighted by Crippen LogP contribution is -2.39. The van der Waals surface area contributed by atoms with Crippen LogP contribution >= 0.6 is 0 Å². The normalized spacial score (nSPS) is 15.6. The van der Waals surface area contributed by atoms with Crippen molar-refractivity contribution in [1.29, 1.82) is 0 Å². The summed E-state index contributed by atoms with van der Waals surface area (Å²) in [5.74, 6) is 6.43. The lowest BCUT2D eigenvalue weighted by molar-refractivity contribution is -0.132. The zero-order chi connectivity index (χ0) is 30.2. The number of fused-ring (bicyclic) bond motifs is 1. The van der Waals surface area contributed by atoms with Crippen LogP contribution in [0.1, 0.15) is 110 Å². The van der Waals surface area contributed by atoms with Gasteiger partial charge in [0.05, 0.1) is 0 Å². The average molecular weight is 578 g/mol. The van der Waals surface area contributed by atoms with Gasteiger partial charge in [0, 0.05) is 44.5 Å². The molecule has 5 rings (SSSR count). The number of aryl methyl sites for hydroxylation is 1. The van der Waals surface area contributed by atoms with Crippen molar-refractivity contribution < 1.29 is 19.1 Å². The van der Waals surface area contributed by atoms with Gasteiger partial charge in [-0.3, -0.25) is 4.79 Å². The second-order valence-corrected chi connectivity index (χ2v) is 12.4. The third-order valence-corrected chi connectivity index (χ3v) is 8.38. The zero-order valence-electron chi connectivity index (χ0n) is 25.8. The molecule has 0 radical (unpaired) electrons. The fraction of sp³-hybridized carbons (Fsp3) is 0.421. The molecule has 1 fully saturated rings. The second kappa shape index (κ2) is 14.0. The molecular weight excluding hydrogens is 534 g/mol. The number of amides is 1. The van der Waals surface area contributed by atoms with E-state index in [0.29, 0.717) is 36.7 Å². The van der Waals surface area contributed by atoms with Crippen LogP contribution in [-0.4, -0.2) is 22.6 Å². The fourth-order valence-electron chi connectivity index (χ4n) is 5.92. The van der Waals surface area contributed by atoms with Gasteiger partial charge in [0.1, 0.15) is 11.3 Å². The SMILES string of the molecule is CCCCc1ccc(C#Cc2ccc(CN(Cc3ccc4c(c3)C(=O)OC(C)(C)O4)C(=O)CCC3CCCC3)cc2)cc1. The predicted octanol–water partition coefficient (Wildman–Crippen LogP) is 8.21. The number of ether oxygens (including phenoxy) is 2. The standard InChI is InChI=1S/C38H43NO4/c1-4-5-8-29-11-13-30(14-12-29)15-16-31-17-19-32(20-18-31)26-39(36(40)24-22-28-9-6-7-10-28)27-33-21-23-35-34(25-33)37(41)43-38(2,3)42-35/h11-14,17-21,23,25,28H,4-10,22,24,26-27H2,1-3H3. The Balaban J connectivity index is 1.28. The van der Waals surface area contributed by atoms with Crippen molar-refractivity contribution in [2.45, 2.75) is 97.4 Å². The topological polar surface area (TPSA) is 55.8 Å². The van der Waals surface area contributed by atoms with Gasteiger partial charge in [-0.1, -0.05) is 81.2 Å². The minimum absolute atomic E-state index is 0.135. The van der Waals surface area contributed by atoms with E-state index >= 15 is 0 Å². The molecule has 1 heterocycles. The Bertz CT molecular complexity index is 1470. The molecule has 5 heteroatoms. The van der Waals surface area contributed by atoms with Crippen molar-refractivity contribution in [2.24, 2.45) is 5.92 Å². The van der Waals surface area contributed by atoms with E-state index < -0.39 is 11.8 Å². The Kier molecular flexibility index (Phi) is 9.87. The summed E-state index contributed by atoms with van der Waals surface area (Å²) in [6.07, 6.45) is 9.97. The number of rotatable bonds is 10. The van der Waals surface area contributed by atoms with Crippen LogP contribution in [0.15, 0.2) is 66.7 Å². The van der Waals surface area contributed by atoms with Crippen molar-refractivity contribution in [3.05, 3.63) is 100 Å². The van der Waals surface area contributed by atoms with Gasteiger partial charge < -0.3 is 14.4 Å². The van der Waals surface area contributed by atoms with E-state index in [2.05, 4.69) is 55.2 Å². The van der Waals surface area contributed by atoms with Crippen molar-refractivity contribution >= 4 is 11.9 Å². The molecule has 0 aromatic heterocycles. The molecule has 0 bridgehead atoms. The maximum absolute atomic E-state index is 13.5. The first-order valence-electron chi connectivity index (χ1n) is 15.8. The number of carbonyl (C=O) groups is 2. The number of carbonyl (C=O) groups excluding carboxylic acids is 2. The van der Waals surface area contributed by atoms with Crippen molar-refractivity contribution in [2.75, 3.05) is 0 Å². The number of hydrogen-bond acceptors (Lipinski definition) is 4. The predicted molar refractivity (Wildman–Crippen MR) is 169 cm³/mol. The lowest BCUT2D eigenvalue weighted by atomic mass is 10.0. The molecule has 0 unspecified atom stereocenters. The molecule has 0 N–H and O–H groups in total. The highest BCUT2D eigenvalue weighted by molar-refractivity contribution is 5.93. The van der Waals surface area contributed by atoms with Crippen LogP contribution in [-0.2, 0) is 29.0 Å². The summed E-state index contributed by atoms with van der Waals surface area (Å²) in [5.41, 5.74) is 5.61. The van der Waals surface area contributed by atoms with Crippen molar-refractivity contribution in [1.82, 2.24) is 4.90 Å². The minimum Gasteiger partial charge on any atom is -0.452 e. The second-order valence-electron chi connectivity index (χ2n) is 12.4. The van der Waals surface area contributed by atoms with Crippen LogP contribution in [0.2, 0.25) is 0 Å². The number of benzene rings is 3. The van der Waals surface area contributed by atoms with Crippen LogP contribution in [0, 0.1) is 17.8 Å². The highest BCUT2D eigenvalue weighted by Crippen LogP contribution is 2.33. The van der Waals surface area contributed by atoms with E-state index in [9.17, 15) is 9.59 Å². The number of hydrogen-bond donors (Lipinski definition) is 0. The van der Waals surface area contributed by atoms with E-state index in [1.807, 2.05) is 23.1 Å². The first kappa shape index (κ1) is 30.4. The van der Waals surface area contributed by atoms with Crippen LogP contribution in [0.25, 0.3) is 0 Å². The summed E-state index contributed by atoms with van der Waals surface area (Å²) in [6.45, 7) is 6.54. The molecule has 1 amide bonds. The largest absolute Gasteiger partial charge is 0.452 e. The molecule has 1 aliphatic carbocycles. The maximum atomic E-state index is 13.5. The van der Waals surface area contributed by atoms with Gasteiger partial charge in [-0.05, 0) is 78.3 Å². The number of nitrogens with zero attached hydrogens (tertiary/aromatic N) is 1. The molecule has 1 aliphatic heterocycles. The average Bonchev–Trinajstić information content (AvgIpc) is 3.52. The first-order chi connectivity index (χ1) is 20.8. The third kappa shape index (κ3) is 8.51. The molecule has 0 spiro atoms. The minimum atomic E-state index is -0.997. The molecular formula is C38H43NO4. The summed E-state index contributed by atoms with van der Waals surface area (Å²) >= 11 is 0. The Labute approximate surface area is 256 Å². The monoisotopic (exact) mass is 577 g/mol. The van der Waals surface area contributed by atoms with Crippen molar-refractivity contribution in [3.8, 4) is 17.6 Å². The zero-order valence-corrected chi connectivity index (χ0v) is 25.8. The van der Waals surface area contributed by atoms with Gasteiger partial charge in [0.15, 0.2) is 0 Å². The Morgan fingerprint density at radius 1 is 0.860 bits per heavy atom. The third-order valence-electron chi connectivity index (χ3n) is 8.38. The molecule has 0 saturated heterocycles. The first-order valence-corrected chi connectivity index (χ1v) is 15.8. The fourth-order valence-corrected chi connectivity index (χ4v) is 5.92. The Hall–Kier alpha value is -4.04. The summed E-state index contributed by atoms with van der Waals surface area (Å²) in [6, 6.07) is 22.2. The molecule has 5 nitrogen and oxygen atoms in total. The quantitative estimate of drug-likeness (QED) is 0.180. The molecule has 0 atom stereocenters.